The van der Waals surface area contributed by atoms with E-state index in [4.69, 9.17) is 25.5 Å². The Bertz CT molecular complexity index is 1420. The second-order valence-corrected chi connectivity index (χ2v) is 11.9. The van der Waals surface area contributed by atoms with Gasteiger partial charge in [0.1, 0.15) is 12.1 Å². The molecule has 262 valence electrons. The molecule has 0 saturated carbocycles. The number of hydrogen-bond donors (Lipinski definition) is 4. The van der Waals surface area contributed by atoms with Gasteiger partial charge < -0.3 is 46.4 Å². The molecule has 3 aromatic rings. The van der Waals surface area contributed by atoms with Crippen molar-refractivity contribution in [3.8, 4) is 0 Å². The summed E-state index contributed by atoms with van der Waals surface area (Å²) in [5.74, 6) is -0.671. The second kappa shape index (κ2) is 20.3. The minimum absolute atomic E-state index is 0.0401. The van der Waals surface area contributed by atoms with Gasteiger partial charge in [0.05, 0.1) is 12.1 Å². The highest BCUT2D eigenvalue weighted by molar-refractivity contribution is 5.94. The van der Waals surface area contributed by atoms with Crippen LogP contribution in [-0.2, 0) is 30.4 Å². The lowest BCUT2D eigenvalue weighted by Gasteiger charge is -2.33. The van der Waals surface area contributed by atoms with E-state index in [1.165, 1.54) is 0 Å². The molecule has 5 N–H and O–H groups in total. The van der Waals surface area contributed by atoms with Crippen molar-refractivity contribution in [1.29, 1.82) is 0 Å². The van der Waals surface area contributed by atoms with Gasteiger partial charge in [-0.1, -0.05) is 91.0 Å². The number of carboxylic acid groups (broad SMARTS) is 2. The van der Waals surface area contributed by atoms with Crippen molar-refractivity contribution in [3.05, 3.63) is 108 Å². The Balaban J connectivity index is 0.00000101. The van der Waals surface area contributed by atoms with E-state index in [0.29, 0.717) is 25.8 Å². The third kappa shape index (κ3) is 10.7. The molecular formula is C37H45N5O7-2. The van der Waals surface area contributed by atoms with E-state index in [1.807, 2.05) is 91.0 Å². The second-order valence-electron chi connectivity index (χ2n) is 11.9. The number of nitrogens with two attached hydrogens (primary N) is 1. The number of benzene rings is 3. The van der Waals surface area contributed by atoms with Crippen LogP contribution in [0.4, 0.5) is 0 Å². The number of nitrogens with zero attached hydrogens (tertiary/aromatic N) is 1. The summed E-state index contributed by atoms with van der Waals surface area (Å²) in [6.45, 7) is -0.575. The summed E-state index contributed by atoms with van der Waals surface area (Å²) in [4.78, 5) is 60.2. The van der Waals surface area contributed by atoms with Gasteiger partial charge in [-0.05, 0) is 74.7 Å². The molecule has 0 radical (unpaired) electrons. The van der Waals surface area contributed by atoms with Crippen molar-refractivity contribution in [3.63, 3.8) is 0 Å². The highest BCUT2D eigenvalue weighted by Crippen LogP contribution is 2.35. The number of rotatable bonds is 11. The molecule has 0 aliphatic carbocycles. The fourth-order valence-corrected chi connectivity index (χ4v) is 6.72. The normalized spacial score (nSPS) is 20.2. The van der Waals surface area contributed by atoms with Crippen LogP contribution in [0.2, 0.25) is 0 Å². The average Bonchev–Trinajstić information content (AvgIpc) is 3.51. The van der Waals surface area contributed by atoms with Gasteiger partial charge in [0.25, 0.3) is 0 Å². The molecule has 3 aromatic carbocycles. The van der Waals surface area contributed by atoms with Crippen molar-refractivity contribution in [2.24, 2.45) is 11.7 Å². The molecular weight excluding hydrogens is 626 g/mol. The lowest BCUT2D eigenvalue weighted by Crippen LogP contribution is -2.58. The number of likely N-dealkylation sites (N-methyl/N-ethyl adjacent to an activating group) is 1. The summed E-state index contributed by atoms with van der Waals surface area (Å²) in [5, 5.41) is 26.0. The van der Waals surface area contributed by atoms with E-state index < -0.39 is 31.1 Å². The Morgan fingerprint density at radius 2 is 1.37 bits per heavy atom. The number of nitrogens with one attached hydrogen (secondary N) is 3. The monoisotopic (exact) mass is 671 g/mol. The molecule has 2 fully saturated rings. The van der Waals surface area contributed by atoms with Crippen LogP contribution >= 0.6 is 0 Å². The molecule has 0 spiro atoms. The van der Waals surface area contributed by atoms with Gasteiger partial charge in [-0.2, -0.15) is 0 Å². The van der Waals surface area contributed by atoms with Crippen molar-refractivity contribution < 1.29 is 34.2 Å². The zero-order valence-electron chi connectivity index (χ0n) is 27.6. The summed E-state index contributed by atoms with van der Waals surface area (Å²) < 4.78 is 0. The average molecular weight is 672 g/mol. The lowest BCUT2D eigenvalue weighted by atomic mass is 9.90. The van der Waals surface area contributed by atoms with E-state index in [1.54, 1.807) is 11.9 Å². The Hall–Kier alpha value is -5.07. The van der Waals surface area contributed by atoms with Gasteiger partial charge >= 0.3 is 0 Å². The minimum Gasteiger partial charge on any atom is -0.554 e. The number of carbonyl (C=O) groups is 5. The molecule has 2 heterocycles. The van der Waals surface area contributed by atoms with Crippen LogP contribution in [0, 0.1) is 5.92 Å². The van der Waals surface area contributed by atoms with Crippen molar-refractivity contribution in [2.45, 2.75) is 68.7 Å². The maximum absolute atomic E-state index is 14.3. The van der Waals surface area contributed by atoms with Gasteiger partial charge in [0.15, 0.2) is 0 Å². The van der Waals surface area contributed by atoms with E-state index in [0.717, 1.165) is 36.0 Å². The Morgan fingerprint density at radius 3 is 1.88 bits per heavy atom. The third-order valence-corrected chi connectivity index (χ3v) is 9.00. The summed E-state index contributed by atoms with van der Waals surface area (Å²) in [7, 11) is 1.76. The van der Waals surface area contributed by atoms with E-state index in [2.05, 4.69) is 16.0 Å². The highest BCUT2D eigenvalue weighted by atomic mass is 16.3. The minimum atomic E-state index is -0.736. The van der Waals surface area contributed by atoms with E-state index in [9.17, 15) is 14.4 Å². The Labute approximate surface area is 287 Å². The van der Waals surface area contributed by atoms with Crippen LogP contribution in [0.15, 0.2) is 91.0 Å². The molecule has 3 amide bonds. The number of carbonyl (C=O) groups excluding carboxylic acids is 5. The highest BCUT2D eigenvalue weighted by Gasteiger charge is 2.47. The number of amides is 3. The number of hydrogen-bond acceptors (Lipinski definition) is 9. The number of fused-ring (bicyclic) bond motifs is 1. The topological polar surface area (TPSA) is 197 Å². The third-order valence-electron chi connectivity index (χ3n) is 9.00. The van der Waals surface area contributed by atoms with E-state index in [-0.39, 0.29) is 35.7 Å². The Morgan fingerprint density at radius 1 is 0.857 bits per heavy atom. The molecule has 0 unspecified atom stereocenters. The van der Waals surface area contributed by atoms with Crippen LogP contribution < -0.4 is 31.9 Å². The standard InChI is InChI=1S/C35H43N5O3.2CH2O2/c1-37-29(23-24-11-5-2-6-12-24)33(41)39-32-27(21-22-36)17-18-28-19-20-30(40(28)35(32)43)34(42)38-31(25-13-7-3-8-14-25)26-15-9-4-10-16-26;2*2-1-3/h2-16,27-32,37H,17-23,36H2,1H3,(H,38,42)(H,39,41);2*1H,(H,2,3)/p-2/t27-,28+,29-,30+,32+;;/m1../s1. The van der Waals surface area contributed by atoms with Gasteiger partial charge in [-0.3, -0.25) is 14.4 Å². The summed E-state index contributed by atoms with van der Waals surface area (Å²) in [5.41, 5.74) is 8.96. The maximum atomic E-state index is 14.3. The first-order valence-electron chi connectivity index (χ1n) is 16.4. The summed E-state index contributed by atoms with van der Waals surface area (Å²) in [6.07, 6.45) is 4.03. The van der Waals surface area contributed by atoms with E-state index >= 15 is 0 Å². The molecule has 2 saturated heterocycles. The molecule has 0 bridgehead atoms. The molecule has 5 atom stereocenters. The van der Waals surface area contributed by atoms with Crippen LogP contribution in [-0.4, -0.2) is 73.3 Å². The van der Waals surface area contributed by atoms with Crippen molar-refractivity contribution in [1.82, 2.24) is 20.9 Å². The quantitative estimate of drug-likeness (QED) is 0.204. The van der Waals surface area contributed by atoms with Crippen molar-refractivity contribution in [2.75, 3.05) is 13.6 Å². The van der Waals surface area contributed by atoms with Crippen LogP contribution in [0.5, 0.6) is 0 Å². The van der Waals surface area contributed by atoms with Gasteiger partial charge in [0.2, 0.25) is 17.7 Å². The van der Waals surface area contributed by atoms with Gasteiger partial charge in [-0.25, -0.2) is 0 Å². The lowest BCUT2D eigenvalue weighted by molar-refractivity contribution is -0.284. The molecule has 0 aromatic heterocycles. The maximum Gasteiger partial charge on any atom is 0.246 e. The first kappa shape index (κ1) is 38.4. The van der Waals surface area contributed by atoms with Crippen LogP contribution in [0.3, 0.4) is 0 Å². The fraction of sp³-hybridized carbons (Fsp3) is 0.378. The zero-order valence-corrected chi connectivity index (χ0v) is 27.6. The fourth-order valence-electron chi connectivity index (χ4n) is 6.72. The first-order valence-corrected chi connectivity index (χ1v) is 16.4. The molecule has 2 aliphatic heterocycles. The summed E-state index contributed by atoms with van der Waals surface area (Å²) >= 11 is 0. The van der Waals surface area contributed by atoms with Gasteiger partial charge in [-0.15, -0.1) is 0 Å². The predicted octanol–water partition coefficient (Wildman–Crippen LogP) is 0.0583. The molecule has 12 nitrogen and oxygen atoms in total. The molecule has 2 aliphatic rings. The SMILES string of the molecule is CN[C@H](Cc1ccccc1)C(=O)N[C@@H]1C(=O)N2[C@@H](CC[C@@H]1CCN)CC[C@H]2C(=O)NC(c1ccccc1)c1ccccc1.O=C[O-].O=C[O-]. The smallest absolute Gasteiger partial charge is 0.246 e. The largest absolute Gasteiger partial charge is 0.554 e. The van der Waals surface area contributed by atoms with Crippen LogP contribution in [0.1, 0.15) is 54.8 Å². The zero-order chi connectivity index (χ0) is 35.6. The molecule has 5 rings (SSSR count). The Kier molecular flexibility index (Phi) is 15.9. The van der Waals surface area contributed by atoms with Crippen LogP contribution in [0.25, 0.3) is 0 Å². The van der Waals surface area contributed by atoms with Gasteiger partial charge in [0, 0.05) is 19.0 Å². The molecule has 49 heavy (non-hydrogen) atoms. The van der Waals surface area contributed by atoms with Crippen molar-refractivity contribution >= 4 is 30.7 Å². The predicted molar refractivity (Wildman–Crippen MR) is 180 cm³/mol. The summed E-state index contributed by atoms with van der Waals surface area (Å²) in [6, 6.07) is 27.4. The molecule has 12 heteroatoms. The first-order chi connectivity index (χ1) is 23.8.